The molecule has 0 aliphatic carbocycles. The molecule has 0 bridgehead atoms. The Balaban J connectivity index is 2.41. The second kappa shape index (κ2) is 5.30. The second-order valence-corrected chi connectivity index (χ2v) is 6.13. The van der Waals surface area contributed by atoms with E-state index in [0.29, 0.717) is 33.9 Å². The van der Waals surface area contributed by atoms with E-state index in [9.17, 15) is 4.79 Å². The zero-order chi connectivity index (χ0) is 16.9. The largest absolute Gasteiger partial charge is 0.457 e. The first kappa shape index (κ1) is 15.4. The fourth-order valence-corrected chi connectivity index (χ4v) is 2.98. The van der Waals surface area contributed by atoms with Crippen LogP contribution in [0, 0.1) is 41.5 Å². The van der Waals surface area contributed by atoms with Crippen LogP contribution in [0.3, 0.4) is 0 Å². The normalized spacial score (nSPS) is 11.2. The van der Waals surface area contributed by atoms with Crippen LogP contribution in [0.5, 0.6) is 0 Å². The first-order chi connectivity index (χ1) is 10.8. The summed E-state index contributed by atoms with van der Waals surface area (Å²) in [4.78, 5) is 21.6. The van der Waals surface area contributed by atoms with Gasteiger partial charge < -0.3 is 4.42 Å². The smallest absolute Gasteiger partial charge is 0.219 e. The quantitative estimate of drug-likeness (QED) is 0.679. The number of aryl methyl sites for hydroxylation is 5. The maximum atomic E-state index is 13.0. The Morgan fingerprint density at radius 3 is 2.13 bits per heavy atom. The van der Waals surface area contributed by atoms with Crippen LogP contribution in [0.15, 0.2) is 21.3 Å². The van der Waals surface area contributed by atoms with Crippen LogP contribution in [-0.2, 0) is 0 Å². The monoisotopic (exact) mass is 308 g/mol. The molecule has 0 N–H and O–H groups in total. The summed E-state index contributed by atoms with van der Waals surface area (Å²) in [6, 6.07) is 4.07. The molecule has 4 nitrogen and oxygen atoms in total. The number of hydrogen-bond acceptors (Lipinski definition) is 4. The van der Waals surface area contributed by atoms with Gasteiger partial charge in [0.1, 0.15) is 11.6 Å². The van der Waals surface area contributed by atoms with Crippen LogP contribution < -0.4 is 5.43 Å². The van der Waals surface area contributed by atoms with Crippen molar-refractivity contribution in [3.8, 4) is 11.1 Å². The molecule has 0 radical (unpaired) electrons. The van der Waals surface area contributed by atoms with Crippen LogP contribution in [0.25, 0.3) is 22.2 Å². The van der Waals surface area contributed by atoms with Gasteiger partial charge in [-0.1, -0.05) is 12.1 Å². The van der Waals surface area contributed by atoms with Gasteiger partial charge in [-0.15, -0.1) is 0 Å². The molecule has 3 rings (SSSR count). The van der Waals surface area contributed by atoms with Gasteiger partial charge in [0.2, 0.25) is 5.43 Å². The van der Waals surface area contributed by atoms with Gasteiger partial charge in [0, 0.05) is 0 Å². The Bertz CT molecular complexity index is 977. The number of benzene rings is 1. The van der Waals surface area contributed by atoms with Gasteiger partial charge in [-0.25, -0.2) is 9.97 Å². The van der Waals surface area contributed by atoms with E-state index in [-0.39, 0.29) is 5.43 Å². The van der Waals surface area contributed by atoms with Crippen LogP contribution in [0.2, 0.25) is 0 Å². The molecular weight excluding hydrogens is 288 g/mol. The molecule has 2 heterocycles. The molecule has 118 valence electrons. The zero-order valence-corrected chi connectivity index (χ0v) is 14.4. The molecule has 2 aromatic heterocycles. The molecule has 0 saturated carbocycles. The lowest BCUT2D eigenvalue weighted by Crippen LogP contribution is -2.11. The molecule has 0 aliphatic rings. The van der Waals surface area contributed by atoms with Crippen molar-refractivity contribution in [3.63, 3.8) is 0 Å². The summed E-state index contributed by atoms with van der Waals surface area (Å²) in [5, 5.41) is 0. The molecule has 0 aliphatic heterocycles. The topological polar surface area (TPSA) is 56.0 Å². The molecule has 3 aromatic rings. The van der Waals surface area contributed by atoms with Gasteiger partial charge in [0.05, 0.1) is 11.3 Å². The minimum atomic E-state index is -0.0972. The van der Waals surface area contributed by atoms with E-state index in [1.54, 1.807) is 6.92 Å². The lowest BCUT2D eigenvalue weighted by molar-refractivity contribution is 0.560. The maximum Gasteiger partial charge on any atom is 0.219 e. The van der Waals surface area contributed by atoms with Crippen LogP contribution in [0.4, 0.5) is 0 Å². The molecule has 0 spiro atoms. The fourth-order valence-electron chi connectivity index (χ4n) is 2.98. The molecule has 23 heavy (non-hydrogen) atoms. The molecule has 0 amide bonds. The Hall–Kier alpha value is -2.49. The SMILES string of the molecule is Cc1nc(C)c2oc(C)c(-c3cc(C)c(C)c(C)c3)c(=O)c2n1. The third-order valence-corrected chi connectivity index (χ3v) is 4.41. The third kappa shape index (κ3) is 2.44. The minimum absolute atomic E-state index is 0.0972. The average Bonchev–Trinajstić information content (AvgIpc) is 2.46. The lowest BCUT2D eigenvalue weighted by atomic mass is 9.95. The average molecular weight is 308 g/mol. The predicted octanol–water partition coefficient (Wildman–Crippen LogP) is 4.10. The molecule has 4 heteroatoms. The van der Waals surface area contributed by atoms with Crippen molar-refractivity contribution in [1.82, 2.24) is 9.97 Å². The van der Waals surface area contributed by atoms with Crippen molar-refractivity contribution in [2.75, 3.05) is 0 Å². The highest BCUT2D eigenvalue weighted by Crippen LogP contribution is 2.27. The summed E-state index contributed by atoms with van der Waals surface area (Å²) >= 11 is 0. The van der Waals surface area contributed by atoms with Gasteiger partial charge in [-0.2, -0.15) is 0 Å². The third-order valence-electron chi connectivity index (χ3n) is 4.41. The van der Waals surface area contributed by atoms with E-state index in [1.165, 1.54) is 5.56 Å². The summed E-state index contributed by atoms with van der Waals surface area (Å²) in [5.41, 5.74) is 6.45. The molecule has 1 aromatic carbocycles. The highest BCUT2D eigenvalue weighted by atomic mass is 16.3. The van der Waals surface area contributed by atoms with Gasteiger partial charge >= 0.3 is 0 Å². The Labute approximate surface area is 135 Å². The van der Waals surface area contributed by atoms with Crippen molar-refractivity contribution in [1.29, 1.82) is 0 Å². The number of nitrogens with zero attached hydrogens (tertiary/aromatic N) is 2. The Kier molecular flexibility index (Phi) is 3.55. The van der Waals surface area contributed by atoms with Gasteiger partial charge in [-0.3, -0.25) is 4.79 Å². The Morgan fingerprint density at radius 2 is 1.52 bits per heavy atom. The number of rotatable bonds is 1. The number of hydrogen-bond donors (Lipinski definition) is 0. The van der Waals surface area contributed by atoms with Crippen molar-refractivity contribution in [2.24, 2.45) is 0 Å². The highest BCUT2D eigenvalue weighted by molar-refractivity contribution is 5.81. The van der Waals surface area contributed by atoms with Crippen LogP contribution in [-0.4, -0.2) is 9.97 Å². The van der Waals surface area contributed by atoms with E-state index < -0.39 is 0 Å². The fraction of sp³-hybridized carbons (Fsp3) is 0.316. The Morgan fingerprint density at radius 1 is 0.913 bits per heavy atom. The summed E-state index contributed by atoms with van der Waals surface area (Å²) in [5.74, 6) is 1.18. The first-order valence-corrected chi connectivity index (χ1v) is 7.66. The van der Waals surface area contributed by atoms with E-state index in [1.807, 2.05) is 26.0 Å². The van der Waals surface area contributed by atoms with E-state index >= 15 is 0 Å². The van der Waals surface area contributed by atoms with E-state index in [4.69, 9.17) is 4.42 Å². The summed E-state index contributed by atoms with van der Waals surface area (Å²) in [7, 11) is 0. The molecule has 0 fully saturated rings. The van der Waals surface area contributed by atoms with Gasteiger partial charge in [0.15, 0.2) is 11.1 Å². The predicted molar refractivity (Wildman–Crippen MR) is 91.9 cm³/mol. The van der Waals surface area contributed by atoms with E-state index in [0.717, 1.165) is 16.7 Å². The lowest BCUT2D eigenvalue weighted by Gasteiger charge is -2.12. The highest BCUT2D eigenvalue weighted by Gasteiger charge is 2.17. The molecule has 0 unspecified atom stereocenters. The van der Waals surface area contributed by atoms with Crippen LogP contribution in [0.1, 0.15) is 34.0 Å². The zero-order valence-electron chi connectivity index (χ0n) is 14.4. The van der Waals surface area contributed by atoms with Crippen molar-refractivity contribution in [3.05, 3.63) is 56.3 Å². The van der Waals surface area contributed by atoms with Crippen molar-refractivity contribution >= 4 is 11.1 Å². The summed E-state index contributed by atoms with van der Waals surface area (Å²) in [6.45, 7) is 11.6. The minimum Gasteiger partial charge on any atom is -0.457 e. The summed E-state index contributed by atoms with van der Waals surface area (Å²) < 4.78 is 5.90. The maximum absolute atomic E-state index is 13.0. The van der Waals surface area contributed by atoms with Crippen LogP contribution >= 0.6 is 0 Å². The van der Waals surface area contributed by atoms with E-state index in [2.05, 4.69) is 30.7 Å². The first-order valence-electron chi connectivity index (χ1n) is 7.66. The number of aromatic nitrogens is 2. The standard InChI is InChI=1S/C19H20N2O2/c1-9-7-15(8-10(2)11(9)3)16-13(5)23-19-12(4)20-14(6)21-17(19)18(16)22/h7-8H,1-6H3. The summed E-state index contributed by atoms with van der Waals surface area (Å²) in [6.07, 6.45) is 0. The molecular formula is C19H20N2O2. The van der Waals surface area contributed by atoms with Crippen molar-refractivity contribution < 1.29 is 4.42 Å². The second-order valence-electron chi connectivity index (χ2n) is 6.13. The van der Waals surface area contributed by atoms with Gasteiger partial charge in [0.25, 0.3) is 0 Å². The van der Waals surface area contributed by atoms with Gasteiger partial charge in [-0.05, 0) is 63.8 Å². The van der Waals surface area contributed by atoms with Crippen molar-refractivity contribution in [2.45, 2.75) is 41.5 Å². The molecule has 0 atom stereocenters. The number of fused-ring (bicyclic) bond motifs is 1. The molecule has 0 saturated heterocycles.